The lowest BCUT2D eigenvalue weighted by Gasteiger charge is -2.26. The van der Waals surface area contributed by atoms with Crippen molar-refractivity contribution in [2.75, 3.05) is 24.7 Å². The maximum absolute atomic E-state index is 13.7. The summed E-state index contributed by atoms with van der Waals surface area (Å²) in [6, 6.07) is 14.3. The Kier molecular flexibility index (Phi) is 6.71. The minimum absolute atomic E-state index is 0.282. The fraction of sp³-hybridized carbons (Fsp3) is 0.167. The SMILES string of the molecule is CN=Cc1cc(-c2cc3c(n(-c4ccc(Br)cc4)c2=O)NC(OCC(F)F)C=C3)ccc1N. The van der Waals surface area contributed by atoms with E-state index in [1.165, 1.54) is 4.57 Å². The predicted molar refractivity (Wildman–Crippen MR) is 132 cm³/mol. The van der Waals surface area contributed by atoms with Gasteiger partial charge >= 0.3 is 0 Å². The molecule has 1 aliphatic heterocycles. The van der Waals surface area contributed by atoms with Crippen LogP contribution in [0, 0.1) is 0 Å². The standard InChI is InChI=1S/C24H21BrF2N4O2/c1-29-12-16-10-14(2-8-20(16)28)19-11-15-3-9-22(33-13-21(26)27)30-23(15)31(24(19)32)18-6-4-17(25)5-7-18/h2-12,21-22,30H,13,28H2,1H3. The smallest absolute Gasteiger partial charge is 0.264 e. The van der Waals surface area contributed by atoms with E-state index in [4.69, 9.17) is 10.5 Å². The highest BCUT2D eigenvalue weighted by molar-refractivity contribution is 9.10. The summed E-state index contributed by atoms with van der Waals surface area (Å²) in [5, 5.41) is 3.06. The fourth-order valence-corrected chi connectivity index (χ4v) is 3.86. The molecule has 0 saturated heterocycles. The summed E-state index contributed by atoms with van der Waals surface area (Å²) < 4.78 is 32.9. The summed E-state index contributed by atoms with van der Waals surface area (Å²) in [7, 11) is 1.65. The molecule has 2 aromatic carbocycles. The van der Waals surface area contributed by atoms with Crippen LogP contribution in [0.1, 0.15) is 11.1 Å². The molecule has 0 fully saturated rings. The van der Waals surface area contributed by atoms with Crippen molar-refractivity contribution in [3.8, 4) is 16.8 Å². The van der Waals surface area contributed by atoms with Gasteiger partial charge in [0.1, 0.15) is 18.7 Å². The monoisotopic (exact) mass is 514 g/mol. The van der Waals surface area contributed by atoms with Crippen molar-refractivity contribution in [1.29, 1.82) is 0 Å². The molecule has 1 unspecified atom stereocenters. The number of anilines is 2. The van der Waals surface area contributed by atoms with Crippen LogP contribution >= 0.6 is 15.9 Å². The first-order chi connectivity index (χ1) is 15.9. The van der Waals surface area contributed by atoms with Gasteiger partial charge in [-0.15, -0.1) is 0 Å². The van der Waals surface area contributed by atoms with Crippen LogP contribution in [0.25, 0.3) is 22.9 Å². The first kappa shape index (κ1) is 22.9. The van der Waals surface area contributed by atoms with Gasteiger partial charge in [0.15, 0.2) is 0 Å². The van der Waals surface area contributed by atoms with E-state index in [0.29, 0.717) is 39.4 Å². The predicted octanol–water partition coefficient (Wildman–Crippen LogP) is 4.94. The molecule has 0 saturated carbocycles. The third kappa shape index (κ3) is 4.89. The highest BCUT2D eigenvalue weighted by Gasteiger charge is 2.22. The van der Waals surface area contributed by atoms with Gasteiger partial charge < -0.3 is 15.8 Å². The molecule has 3 N–H and O–H groups in total. The Morgan fingerprint density at radius 2 is 2.00 bits per heavy atom. The number of nitrogens with two attached hydrogens (primary N) is 1. The maximum Gasteiger partial charge on any atom is 0.264 e. The number of ether oxygens (including phenoxy) is 1. The van der Waals surface area contributed by atoms with Gasteiger partial charge in [0.25, 0.3) is 12.0 Å². The lowest BCUT2D eigenvalue weighted by atomic mass is 10.0. The van der Waals surface area contributed by atoms with Gasteiger partial charge in [-0.3, -0.25) is 14.4 Å². The van der Waals surface area contributed by atoms with Crippen LogP contribution in [0.5, 0.6) is 0 Å². The average molecular weight is 515 g/mol. The van der Waals surface area contributed by atoms with Gasteiger partial charge in [0.2, 0.25) is 0 Å². The number of nitrogens with zero attached hydrogens (tertiary/aromatic N) is 2. The number of rotatable bonds is 6. The third-order valence-corrected chi connectivity index (χ3v) is 5.64. The van der Waals surface area contributed by atoms with Crippen molar-refractivity contribution in [3.63, 3.8) is 0 Å². The molecule has 0 amide bonds. The second kappa shape index (κ2) is 9.68. The van der Waals surface area contributed by atoms with E-state index in [9.17, 15) is 13.6 Å². The zero-order chi connectivity index (χ0) is 23.5. The van der Waals surface area contributed by atoms with Crippen LogP contribution in [0.3, 0.4) is 0 Å². The molecular formula is C24H21BrF2N4O2. The Hall–Kier alpha value is -3.30. The van der Waals surface area contributed by atoms with E-state index < -0.39 is 19.3 Å². The molecule has 9 heteroatoms. The third-order valence-electron chi connectivity index (χ3n) is 5.11. The average Bonchev–Trinajstić information content (AvgIpc) is 2.80. The summed E-state index contributed by atoms with van der Waals surface area (Å²) in [5.74, 6) is 0.457. The summed E-state index contributed by atoms with van der Waals surface area (Å²) in [6.07, 6.45) is 1.65. The number of halogens is 3. The molecule has 2 heterocycles. The highest BCUT2D eigenvalue weighted by atomic mass is 79.9. The van der Waals surface area contributed by atoms with Crippen LogP contribution in [0.15, 0.2) is 68.9 Å². The number of alkyl halides is 2. The van der Waals surface area contributed by atoms with Crippen LogP contribution in [-0.4, -0.2) is 37.1 Å². The number of benzene rings is 2. The van der Waals surface area contributed by atoms with Gasteiger partial charge in [0, 0.05) is 40.1 Å². The largest absolute Gasteiger partial charge is 0.398 e. The van der Waals surface area contributed by atoms with Gasteiger partial charge in [-0.25, -0.2) is 8.78 Å². The van der Waals surface area contributed by atoms with Gasteiger partial charge in [-0.1, -0.05) is 28.1 Å². The minimum Gasteiger partial charge on any atom is -0.398 e. The molecule has 3 aromatic rings. The number of fused-ring (bicyclic) bond motifs is 1. The van der Waals surface area contributed by atoms with Gasteiger partial charge in [-0.05, 0) is 54.1 Å². The van der Waals surface area contributed by atoms with Crippen LogP contribution in [0.4, 0.5) is 20.3 Å². The normalized spacial score (nSPS) is 15.1. The molecule has 0 bridgehead atoms. The van der Waals surface area contributed by atoms with Crippen LogP contribution in [0.2, 0.25) is 0 Å². The maximum atomic E-state index is 13.7. The molecule has 0 radical (unpaired) electrons. The number of aliphatic imine (C=N–C) groups is 1. The zero-order valence-corrected chi connectivity index (χ0v) is 19.2. The lowest BCUT2D eigenvalue weighted by molar-refractivity contribution is 0.00179. The topological polar surface area (TPSA) is 81.6 Å². The Bertz CT molecular complexity index is 1290. The first-order valence-electron chi connectivity index (χ1n) is 10.1. The molecule has 4 rings (SSSR count). The molecule has 0 aliphatic carbocycles. The summed E-state index contributed by atoms with van der Waals surface area (Å²) in [6.45, 7) is -0.717. The van der Waals surface area contributed by atoms with E-state index in [1.807, 2.05) is 18.2 Å². The molecule has 0 spiro atoms. The summed E-state index contributed by atoms with van der Waals surface area (Å²) in [5.41, 5.74) is 9.48. The number of hydrogen-bond acceptors (Lipinski definition) is 5. The van der Waals surface area contributed by atoms with E-state index in [1.54, 1.807) is 55.7 Å². The second-order valence-corrected chi connectivity index (χ2v) is 8.27. The fourth-order valence-electron chi connectivity index (χ4n) is 3.60. The summed E-state index contributed by atoms with van der Waals surface area (Å²) >= 11 is 3.41. The Morgan fingerprint density at radius 3 is 2.70 bits per heavy atom. The molecule has 1 aliphatic rings. The number of nitrogens with one attached hydrogen (secondary N) is 1. The number of hydrogen-bond donors (Lipinski definition) is 2. The number of nitrogen functional groups attached to an aromatic ring is 1. The zero-order valence-electron chi connectivity index (χ0n) is 17.6. The highest BCUT2D eigenvalue weighted by Crippen LogP contribution is 2.30. The van der Waals surface area contributed by atoms with Gasteiger partial charge in [-0.2, -0.15) is 0 Å². The molecule has 33 heavy (non-hydrogen) atoms. The van der Waals surface area contributed by atoms with Crippen molar-refractivity contribution >= 4 is 39.7 Å². The molecule has 1 atom stereocenters. The van der Waals surface area contributed by atoms with E-state index in [2.05, 4.69) is 26.2 Å². The Labute approximate surface area is 197 Å². The Morgan fingerprint density at radius 1 is 1.24 bits per heavy atom. The molecule has 170 valence electrons. The van der Waals surface area contributed by atoms with Crippen molar-refractivity contribution in [3.05, 3.63) is 80.6 Å². The minimum atomic E-state index is -2.59. The van der Waals surface area contributed by atoms with E-state index >= 15 is 0 Å². The number of pyridine rings is 1. The van der Waals surface area contributed by atoms with Crippen molar-refractivity contribution < 1.29 is 13.5 Å². The van der Waals surface area contributed by atoms with Crippen molar-refractivity contribution in [2.45, 2.75) is 12.7 Å². The second-order valence-electron chi connectivity index (χ2n) is 7.36. The molecule has 6 nitrogen and oxygen atoms in total. The summed E-state index contributed by atoms with van der Waals surface area (Å²) in [4.78, 5) is 17.7. The van der Waals surface area contributed by atoms with E-state index in [-0.39, 0.29) is 5.56 Å². The first-order valence-corrected chi connectivity index (χ1v) is 10.9. The van der Waals surface area contributed by atoms with Gasteiger partial charge in [0.05, 0.1) is 5.69 Å². The lowest BCUT2D eigenvalue weighted by Crippen LogP contribution is -2.32. The van der Waals surface area contributed by atoms with E-state index in [0.717, 1.165) is 4.47 Å². The van der Waals surface area contributed by atoms with Crippen molar-refractivity contribution in [1.82, 2.24) is 4.57 Å². The Balaban J connectivity index is 1.89. The van der Waals surface area contributed by atoms with Crippen LogP contribution < -0.4 is 16.6 Å². The van der Waals surface area contributed by atoms with Crippen molar-refractivity contribution in [2.24, 2.45) is 4.99 Å². The molecule has 1 aromatic heterocycles. The quantitative estimate of drug-likeness (QED) is 0.360. The van der Waals surface area contributed by atoms with Crippen LogP contribution in [-0.2, 0) is 4.74 Å². The number of aromatic nitrogens is 1. The molecular weight excluding hydrogens is 494 g/mol.